The predicted molar refractivity (Wildman–Crippen MR) is 85.9 cm³/mol. The van der Waals surface area contributed by atoms with Crippen LogP contribution in [0.2, 0.25) is 0 Å². The van der Waals surface area contributed by atoms with Crippen molar-refractivity contribution in [2.45, 2.75) is 57.9 Å². The lowest BCUT2D eigenvalue weighted by molar-refractivity contribution is 0.281. The molecule has 0 heterocycles. The van der Waals surface area contributed by atoms with Crippen molar-refractivity contribution in [1.29, 1.82) is 0 Å². The van der Waals surface area contributed by atoms with Gasteiger partial charge in [0.2, 0.25) is 0 Å². The highest BCUT2D eigenvalue weighted by Crippen LogP contribution is 2.49. The number of fused-ring (bicyclic) bond motifs is 2. The van der Waals surface area contributed by atoms with E-state index in [-0.39, 0.29) is 0 Å². The Labute approximate surface area is 124 Å². The Morgan fingerprint density at radius 2 is 1.85 bits per heavy atom. The maximum absolute atomic E-state index is 3.57. The molecule has 2 aliphatic rings. The number of hydrogen-bond acceptors (Lipinski definition) is 1. The third-order valence-electron chi connectivity index (χ3n) is 5.79. The third-order valence-corrected chi connectivity index (χ3v) is 5.79. The molecule has 0 aromatic heterocycles. The van der Waals surface area contributed by atoms with Crippen molar-refractivity contribution in [3.05, 3.63) is 35.4 Å². The van der Waals surface area contributed by atoms with E-state index < -0.39 is 0 Å². The maximum atomic E-state index is 3.57. The van der Waals surface area contributed by atoms with Crippen molar-refractivity contribution in [1.82, 2.24) is 5.32 Å². The SMILES string of the molecule is CCc1ccc(CC(CC2CC3CCC2C3)NC)cc1. The van der Waals surface area contributed by atoms with E-state index in [4.69, 9.17) is 0 Å². The van der Waals surface area contributed by atoms with Gasteiger partial charge >= 0.3 is 0 Å². The first-order chi connectivity index (χ1) is 9.78. The van der Waals surface area contributed by atoms with Crippen LogP contribution in [0.3, 0.4) is 0 Å². The first-order valence-corrected chi connectivity index (χ1v) is 8.53. The molecule has 2 bridgehead atoms. The van der Waals surface area contributed by atoms with E-state index in [1.807, 2.05) is 0 Å². The fourth-order valence-electron chi connectivity index (χ4n) is 4.53. The Hall–Kier alpha value is -0.820. The molecule has 1 N–H and O–H groups in total. The second-order valence-electron chi connectivity index (χ2n) is 7.03. The van der Waals surface area contributed by atoms with E-state index in [0.29, 0.717) is 6.04 Å². The van der Waals surface area contributed by atoms with E-state index in [9.17, 15) is 0 Å². The molecule has 3 rings (SSSR count). The molecule has 0 amide bonds. The Kier molecular flexibility index (Phi) is 4.45. The van der Waals surface area contributed by atoms with Crippen molar-refractivity contribution in [2.24, 2.45) is 17.8 Å². The Balaban J connectivity index is 1.56. The van der Waals surface area contributed by atoms with Gasteiger partial charge in [0.1, 0.15) is 0 Å². The highest BCUT2D eigenvalue weighted by molar-refractivity contribution is 5.23. The fourth-order valence-corrected chi connectivity index (χ4v) is 4.53. The molecule has 110 valence electrons. The lowest BCUT2D eigenvalue weighted by Crippen LogP contribution is -2.31. The van der Waals surface area contributed by atoms with Crippen LogP contribution in [0.5, 0.6) is 0 Å². The molecular weight excluding hydrogens is 242 g/mol. The van der Waals surface area contributed by atoms with Crippen molar-refractivity contribution in [2.75, 3.05) is 7.05 Å². The summed E-state index contributed by atoms with van der Waals surface area (Å²) in [6.07, 6.45) is 9.78. The molecule has 4 atom stereocenters. The van der Waals surface area contributed by atoms with E-state index >= 15 is 0 Å². The van der Waals surface area contributed by atoms with Gasteiger partial charge in [-0.25, -0.2) is 0 Å². The average molecular weight is 271 g/mol. The maximum Gasteiger partial charge on any atom is 0.0107 e. The fraction of sp³-hybridized carbons (Fsp3) is 0.684. The number of hydrogen-bond donors (Lipinski definition) is 1. The highest BCUT2D eigenvalue weighted by Gasteiger charge is 2.39. The Bertz CT molecular complexity index is 422. The molecule has 1 nitrogen and oxygen atoms in total. The molecule has 0 aliphatic heterocycles. The first kappa shape index (κ1) is 14.1. The summed E-state index contributed by atoms with van der Waals surface area (Å²) in [4.78, 5) is 0. The van der Waals surface area contributed by atoms with Gasteiger partial charge in [-0.3, -0.25) is 0 Å². The molecule has 0 spiro atoms. The molecule has 1 heteroatoms. The first-order valence-electron chi connectivity index (χ1n) is 8.53. The highest BCUT2D eigenvalue weighted by atomic mass is 14.9. The summed E-state index contributed by atoms with van der Waals surface area (Å²) < 4.78 is 0. The van der Waals surface area contributed by atoms with Crippen molar-refractivity contribution in [3.63, 3.8) is 0 Å². The molecule has 0 saturated heterocycles. The van der Waals surface area contributed by atoms with Gasteiger partial charge in [-0.1, -0.05) is 37.6 Å². The summed E-state index contributed by atoms with van der Waals surface area (Å²) in [5.74, 6) is 3.13. The summed E-state index contributed by atoms with van der Waals surface area (Å²) in [5.41, 5.74) is 2.94. The van der Waals surface area contributed by atoms with Gasteiger partial charge in [0.05, 0.1) is 0 Å². The second-order valence-corrected chi connectivity index (χ2v) is 7.03. The molecule has 20 heavy (non-hydrogen) atoms. The number of benzene rings is 1. The molecule has 2 fully saturated rings. The molecule has 2 aliphatic carbocycles. The Morgan fingerprint density at radius 1 is 1.10 bits per heavy atom. The quantitative estimate of drug-likeness (QED) is 0.817. The summed E-state index contributed by atoms with van der Waals surface area (Å²) in [7, 11) is 2.14. The third kappa shape index (κ3) is 3.09. The summed E-state index contributed by atoms with van der Waals surface area (Å²) in [6, 6.07) is 9.89. The number of aryl methyl sites for hydroxylation is 1. The molecule has 1 aromatic carbocycles. The zero-order valence-electron chi connectivity index (χ0n) is 13.1. The van der Waals surface area contributed by atoms with Gasteiger partial charge in [0.25, 0.3) is 0 Å². The smallest absolute Gasteiger partial charge is 0.0107 e. The lowest BCUT2D eigenvalue weighted by atomic mass is 9.83. The normalized spacial score (nSPS) is 29.8. The topological polar surface area (TPSA) is 12.0 Å². The largest absolute Gasteiger partial charge is 0.317 e. The minimum absolute atomic E-state index is 0.659. The van der Waals surface area contributed by atoms with Crippen LogP contribution in [-0.2, 0) is 12.8 Å². The zero-order chi connectivity index (χ0) is 13.9. The van der Waals surface area contributed by atoms with E-state index in [2.05, 4.69) is 43.6 Å². The van der Waals surface area contributed by atoms with Crippen molar-refractivity contribution >= 4 is 0 Å². The summed E-state index contributed by atoms with van der Waals surface area (Å²) in [6.45, 7) is 2.22. The van der Waals surface area contributed by atoms with Crippen LogP contribution in [0.15, 0.2) is 24.3 Å². The summed E-state index contributed by atoms with van der Waals surface area (Å²) in [5, 5.41) is 3.57. The Morgan fingerprint density at radius 3 is 2.40 bits per heavy atom. The van der Waals surface area contributed by atoms with Crippen LogP contribution >= 0.6 is 0 Å². The minimum Gasteiger partial charge on any atom is -0.317 e. The van der Waals surface area contributed by atoms with Gasteiger partial charge in [0.15, 0.2) is 0 Å². The van der Waals surface area contributed by atoms with Crippen LogP contribution in [0, 0.1) is 17.8 Å². The predicted octanol–water partition coefficient (Wildman–Crippen LogP) is 4.21. The van der Waals surface area contributed by atoms with Gasteiger partial charge < -0.3 is 5.32 Å². The van der Waals surface area contributed by atoms with Crippen LogP contribution in [0.25, 0.3) is 0 Å². The lowest BCUT2D eigenvalue weighted by Gasteiger charge is -2.26. The molecule has 0 radical (unpaired) electrons. The standard InChI is InChI=1S/C19H29N/c1-3-14-4-6-15(7-5-14)12-19(20-2)13-18-11-16-8-9-17(18)10-16/h4-7,16-20H,3,8-13H2,1-2H3. The van der Waals surface area contributed by atoms with Crippen LogP contribution < -0.4 is 5.32 Å². The average Bonchev–Trinajstić information content (AvgIpc) is 3.10. The minimum atomic E-state index is 0.659. The monoisotopic (exact) mass is 271 g/mol. The molecular formula is C19H29N. The molecule has 1 aromatic rings. The van der Waals surface area contributed by atoms with Crippen LogP contribution in [0.4, 0.5) is 0 Å². The number of rotatable bonds is 6. The second kappa shape index (κ2) is 6.30. The van der Waals surface area contributed by atoms with Crippen molar-refractivity contribution in [3.8, 4) is 0 Å². The van der Waals surface area contributed by atoms with Gasteiger partial charge in [0, 0.05) is 6.04 Å². The van der Waals surface area contributed by atoms with E-state index in [1.165, 1.54) is 49.7 Å². The van der Waals surface area contributed by atoms with Crippen molar-refractivity contribution < 1.29 is 0 Å². The van der Waals surface area contributed by atoms with Gasteiger partial charge in [-0.15, -0.1) is 0 Å². The van der Waals surface area contributed by atoms with Crippen LogP contribution in [-0.4, -0.2) is 13.1 Å². The zero-order valence-corrected chi connectivity index (χ0v) is 13.1. The number of nitrogens with one attached hydrogen (secondary N) is 1. The molecule has 4 unspecified atom stereocenters. The number of likely N-dealkylation sites (N-methyl/N-ethyl adjacent to an activating group) is 1. The van der Waals surface area contributed by atoms with Gasteiger partial charge in [-0.05, 0) is 74.5 Å². The van der Waals surface area contributed by atoms with Crippen LogP contribution in [0.1, 0.15) is 50.2 Å². The summed E-state index contributed by atoms with van der Waals surface area (Å²) >= 11 is 0. The van der Waals surface area contributed by atoms with E-state index in [1.54, 1.807) is 0 Å². The van der Waals surface area contributed by atoms with Gasteiger partial charge in [-0.2, -0.15) is 0 Å². The van der Waals surface area contributed by atoms with E-state index in [0.717, 1.165) is 24.2 Å². The molecule has 2 saturated carbocycles.